The molecule has 16 heavy (non-hydrogen) atoms. The van der Waals surface area contributed by atoms with Crippen LogP contribution in [0.5, 0.6) is 0 Å². The van der Waals surface area contributed by atoms with Crippen molar-refractivity contribution >= 4 is 34.9 Å². The molecule has 4 nitrogen and oxygen atoms in total. The van der Waals surface area contributed by atoms with Crippen LogP contribution < -0.4 is 11.5 Å². The fourth-order valence-electron chi connectivity index (χ4n) is 1.14. The smallest absolute Gasteiger partial charge is 0.158 e. The summed E-state index contributed by atoms with van der Waals surface area (Å²) in [6.45, 7) is 0. The molecule has 0 aliphatic rings. The molecule has 0 spiro atoms. The number of hydrogen-bond donors (Lipinski definition) is 2. The van der Waals surface area contributed by atoms with Crippen molar-refractivity contribution in [1.82, 2.24) is 9.97 Å². The van der Waals surface area contributed by atoms with Crippen LogP contribution >= 0.6 is 23.4 Å². The Morgan fingerprint density at radius 3 is 2.75 bits per heavy atom. The highest BCUT2D eigenvalue weighted by atomic mass is 35.5. The molecule has 2 rings (SSSR count). The van der Waals surface area contributed by atoms with E-state index >= 15 is 0 Å². The molecule has 0 fully saturated rings. The van der Waals surface area contributed by atoms with Gasteiger partial charge in [0.05, 0.1) is 6.20 Å². The number of benzene rings is 1. The van der Waals surface area contributed by atoms with E-state index in [9.17, 15) is 0 Å². The van der Waals surface area contributed by atoms with Crippen LogP contribution in [0.25, 0.3) is 0 Å². The van der Waals surface area contributed by atoms with E-state index in [1.165, 1.54) is 18.0 Å². The molecule has 0 aliphatic carbocycles. The van der Waals surface area contributed by atoms with Gasteiger partial charge < -0.3 is 11.5 Å². The van der Waals surface area contributed by atoms with Gasteiger partial charge in [0.15, 0.2) is 5.82 Å². The Labute approximate surface area is 102 Å². The summed E-state index contributed by atoms with van der Waals surface area (Å²) in [4.78, 5) is 8.99. The van der Waals surface area contributed by atoms with Gasteiger partial charge in [0.25, 0.3) is 0 Å². The molecule has 6 heteroatoms. The van der Waals surface area contributed by atoms with Crippen molar-refractivity contribution in [3.63, 3.8) is 0 Å². The maximum atomic E-state index is 5.70. The van der Waals surface area contributed by atoms with Gasteiger partial charge in [-0.1, -0.05) is 29.4 Å². The van der Waals surface area contributed by atoms with Crippen LogP contribution in [-0.2, 0) is 0 Å². The van der Waals surface area contributed by atoms with E-state index in [4.69, 9.17) is 23.1 Å². The fraction of sp³-hybridized carbons (Fsp3) is 0. The first-order valence-corrected chi connectivity index (χ1v) is 5.66. The molecular weight excluding hydrogens is 244 g/mol. The first kappa shape index (κ1) is 11.0. The van der Waals surface area contributed by atoms with Crippen LogP contribution in [0.15, 0.2) is 40.4 Å². The Bertz CT molecular complexity index is 518. The molecule has 0 saturated heterocycles. The lowest BCUT2D eigenvalue weighted by Crippen LogP contribution is -1.95. The van der Waals surface area contributed by atoms with E-state index in [0.717, 1.165) is 4.90 Å². The summed E-state index contributed by atoms with van der Waals surface area (Å²) in [7, 11) is 0. The van der Waals surface area contributed by atoms with Crippen LogP contribution in [0, 0.1) is 0 Å². The molecule has 1 heterocycles. The average molecular weight is 253 g/mol. The molecule has 0 saturated carbocycles. The number of nitrogens with zero attached hydrogens (tertiary/aromatic N) is 2. The second-order valence-corrected chi connectivity index (χ2v) is 4.51. The molecule has 1 aromatic carbocycles. The number of aromatic nitrogens is 2. The molecule has 2 aromatic rings. The summed E-state index contributed by atoms with van der Waals surface area (Å²) in [5, 5.41) is 0.907. The third-order valence-corrected chi connectivity index (χ3v) is 2.99. The van der Waals surface area contributed by atoms with Crippen molar-refractivity contribution in [2.75, 3.05) is 11.5 Å². The predicted octanol–water partition coefficient (Wildman–Crippen LogP) is 2.45. The van der Waals surface area contributed by atoms with Gasteiger partial charge in [-0.3, -0.25) is 0 Å². The lowest BCUT2D eigenvalue weighted by molar-refractivity contribution is 1.07. The lowest BCUT2D eigenvalue weighted by Gasteiger charge is -2.04. The zero-order valence-electron chi connectivity index (χ0n) is 8.22. The third kappa shape index (κ3) is 2.56. The highest BCUT2D eigenvalue weighted by Crippen LogP contribution is 2.30. The summed E-state index contributed by atoms with van der Waals surface area (Å²) in [6, 6.07) is 7.47. The second kappa shape index (κ2) is 4.59. The van der Waals surface area contributed by atoms with E-state index in [1.807, 2.05) is 24.3 Å². The minimum absolute atomic E-state index is 0.287. The number of halogens is 1. The number of rotatable bonds is 2. The third-order valence-electron chi connectivity index (χ3n) is 1.81. The van der Waals surface area contributed by atoms with Crippen LogP contribution in [-0.4, -0.2) is 9.97 Å². The second-order valence-electron chi connectivity index (χ2n) is 3.06. The first-order chi connectivity index (χ1) is 7.65. The maximum Gasteiger partial charge on any atom is 0.158 e. The van der Waals surface area contributed by atoms with E-state index < -0.39 is 0 Å². The monoisotopic (exact) mass is 252 g/mol. The molecule has 0 aliphatic heterocycles. The normalized spacial score (nSPS) is 10.3. The lowest BCUT2D eigenvalue weighted by atomic mass is 10.3. The molecule has 1 aromatic heterocycles. The molecule has 0 unspecified atom stereocenters. The summed E-state index contributed by atoms with van der Waals surface area (Å²) >= 11 is 7.06. The van der Waals surface area contributed by atoms with Crippen molar-refractivity contribution in [3.05, 3.63) is 35.6 Å². The van der Waals surface area contributed by atoms with Crippen molar-refractivity contribution in [3.8, 4) is 0 Å². The van der Waals surface area contributed by atoms with Crippen LogP contribution in [0.2, 0.25) is 5.15 Å². The van der Waals surface area contributed by atoms with Gasteiger partial charge in [-0.05, 0) is 18.2 Å². The van der Waals surface area contributed by atoms with Gasteiger partial charge in [-0.2, -0.15) is 0 Å². The van der Waals surface area contributed by atoms with E-state index in [1.54, 1.807) is 0 Å². The highest BCUT2D eigenvalue weighted by Gasteiger charge is 2.05. The van der Waals surface area contributed by atoms with Gasteiger partial charge in [-0.25, -0.2) is 9.97 Å². The van der Waals surface area contributed by atoms with Gasteiger partial charge in [0.1, 0.15) is 10.2 Å². The molecule has 82 valence electrons. The Kier molecular flexibility index (Phi) is 3.17. The number of nitrogens with two attached hydrogens (primary N) is 2. The number of nitrogen functional groups attached to an aromatic ring is 2. The van der Waals surface area contributed by atoms with Crippen molar-refractivity contribution < 1.29 is 0 Å². The van der Waals surface area contributed by atoms with Gasteiger partial charge in [0, 0.05) is 10.6 Å². The highest BCUT2D eigenvalue weighted by molar-refractivity contribution is 7.99. The van der Waals surface area contributed by atoms with Crippen LogP contribution in [0.4, 0.5) is 11.5 Å². The summed E-state index contributed by atoms with van der Waals surface area (Å²) in [5.74, 6) is 0.319. The Balaban J connectivity index is 2.27. The predicted molar refractivity (Wildman–Crippen MR) is 66.4 cm³/mol. The molecule has 0 atom stereocenters. The minimum Gasteiger partial charge on any atom is -0.399 e. The summed E-state index contributed by atoms with van der Waals surface area (Å²) in [5.41, 5.74) is 12.1. The van der Waals surface area contributed by atoms with E-state index in [-0.39, 0.29) is 5.15 Å². The van der Waals surface area contributed by atoms with Gasteiger partial charge in [-0.15, -0.1) is 0 Å². The summed E-state index contributed by atoms with van der Waals surface area (Å²) < 4.78 is 0. The fourth-order valence-corrected chi connectivity index (χ4v) is 2.10. The topological polar surface area (TPSA) is 77.8 Å². The number of anilines is 2. The SMILES string of the molecule is Nc1cccc(Sc2ncc(Cl)nc2N)c1. The minimum atomic E-state index is 0.287. The van der Waals surface area contributed by atoms with Crippen molar-refractivity contribution in [2.45, 2.75) is 9.92 Å². The summed E-state index contributed by atoms with van der Waals surface area (Å²) in [6.07, 6.45) is 1.46. The van der Waals surface area contributed by atoms with Crippen LogP contribution in [0.3, 0.4) is 0 Å². The zero-order valence-corrected chi connectivity index (χ0v) is 9.79. The molecular formula is C10H9ClN4S. The molecule has 0 radical (unpaired) electrons. The molecule has 0 bridgehead atoms. The van der Waals surface area contributed by atoms with Gasteiger partial charge in [0.2, 0.25) is 0 Å². The largest absolute Gasteiger partial charge is 0.399 e. The molecule has 0 amide bonds. The Morgan fingerprint density at radius 1 is 1.25 bits per heavy atom. The Morgan fingerprint density at radius 2 is 2.06 bits per heavy atom. The Hall–Kier alpha value is -1.46. The van der Waals surface area contributed by atoms with Gasteiger partial charge >= 0.3 is 0 Å². The average Bonchev–Trinajstić information content (AvgIpc) is 2.22. The maximum absolute atomic E-state index is 5.70. The van der Waals surface area contributed by atoms with E-state index in [0.29, 0.717) is 16.5 Å². The standard InChI is InChI=1S/C10H9ClN4S/c11-8-5-14-10(9(13)15-8)16-7-3-1-2-6(12)4-7/h1-5H,12H2,(H2,13,15). The van der Waals surface area contributed by atoms with E-state index in [2.05, 4.69) is 9.97 Å². The first-order valence-electron chi connectivity index (χ1n) is 4.46. The molecule has 4 N–H and O–H groups in total. The van der Waals surface area contributed by atoms with Crippen LogP contribution in [0.1, 0.15) is 0 Å². The quantitative estimate of drug-likeness (QED) is 0.803. The zero-order chi connectivity index (χ0) is 11.5. The number of hydrogen-bond acceptors (Lipinski definition) is 5. The van der Waals surface area contributed by atoms with Crippen molar-refractivity contribution in [1.29, 1.82) is 0 Å². The van der Waals surface area contributed by atoms with Crippen molar-refractivity contribution in [2.24, 2.45) is 0 Å².